The topological polar surface area (TPSA) is 149 Å². The van der Waals surface area contributed by atoms with Gasteiger partial charge in [0.25, 0.3) is 17.9 Å². The molecule has 4 aromatic heterocycles. The summed E-state index contributed by atoms with van der Waals surface area (Å²) in [7, 11) is 4.25. The van der Waals surface area contributed by atoms with Crippen LogP contribution in [0.5, 0.6) is 5.88 Å². The lowest BCUT2D eigenvalue weighted by molar-refractivity contribution is 0.0929. The first kappa shape index (κ1) is 32.7. The molecule has 2 aliphatic rings. The third kappa shape index (κ3) is 7.22. The van der Waals surface area contributed by atoms with Gasteiger partial charge in [0.1, 0.15) is 24.1 Å². The van der Waals surface area contributed by atoms with Gasteiger partial charge in [-0.05, 0) is 77.6 Å². The number of hydrogen-bond donors (Lipinski definition) is 2. The van der Waals surface area contributed by atoms with Crippen LogP contribution in [0.2, 0.25) is 0 Å². The first-order valence-corrected chi connectivity index (χ1v) is 16.7. The first-order chi connectivity index (χ1) is 22.6. The van der Waals surface area contributed by atoms with E-state index >= 15 is 0 Å². The van der Waals surface area contributed by atoms with Crippen molar-refractivity contribution in [3.8, 4) is 17.3 Å². The van der Waals surface area contributed by atoms with Gasteiger partial charge in [-0.25, -0.2) is 27.9 Å². The normalized spacial score (nSPS) is 20.3. The predicted octanol–water partition coefficient (Wildman–Crippen LogP) is 3.46. The molecule has 1 aliphatic carbocycles. The Hall–Kier alpha value is -4.18. The highest BCUT2D eigenvalue weighted by molar-refractivity contribution is 7.13. The van der Waals surface area contributed by atoms with E-state index in [1.165, 1.54) is 29.8 Å². The van der Waals surface area contributed by atoms with Crippen LogP contribution in [0.1, 0.15) is 53.2 Å². The lowest BCUT2D eigenvalue weighted by Gasteiger charge is -2.34. The monoisotopic (exact) mass is 670 g/mol. The van der Waals surface area contributed by atoms with E-state index in [0.717, 1.165) is 48.2 Å². The minimum atomic E-state index is -2.74. The van der Waals surface area contributed by atoms with E-state index < -0.39 is 18.5 Å². The van der Waals surface area contributed by atoms with Crippen LogP contribution in [0.15, 0.2) is 29.3 Å². The molecule has 6 rings (SSSR count). The molecule has 252 valence electrons. The molecule has 13 nitrogen and oxygen atoms in total. The fourth-order valence-electron chi connectivity index (χ4n) is 6.56. The van der Waals surface area contributed by atoms with E-state index in [4.69, 9.17) is 10.5 Å². The lowest BCUT2D eigenvalue weighted by atomic mass is 9.86. The second-order valence-corrected chi connectivity index (χ2v) is 13.7. The molecule has 2 fully saturated rings. The first-order valence-electron chi connectivity index (χ1n) is 15.9. The van der Waals surface area contributed by atoms with Gasteiger partial charge >= 0.3 is 0 Å². The van der Waals surface area contributed by atoms with Crippen LogP contribution in [0.3, 0.4) is 0 Å². The third-order valence-electron chi connectivity index (χ3n) is 9.01. The summed E-state index contributed by atoms with van der Waals surface area (Å²) in [6, 6.07) is 4.92. The van der Waals surface area contributed by atoms with Crippen LogP contribution < -0.4 is 26.2 Å². The molecule has 1 saturated carbocycles. The molecule has 1 atom stereocenters. The van der Waals surface area contributed by atoms with Crippen molar-refractivity contribution in [2.24, 2.45) is 5.92 Å². The summed E-state index contributed by atoms with van der Waals surface area (Å²) in [6.45, 7) is 2.76. The van der Waals surface area contributed by atoms with Crippen molar-refractivity contribution < 1.29 is 18.3 Å². The Labute approximate surface area is 274 Å². The largest absolute Gasteiger partial charge is 0.476 e. The van der Waals surface area contributed by atoms with Crippen LogP contribution in [0.4, 0.5) is 20.3 Å². The summed E-state index contributed by atoms with van der Waals surface area (Å²) >= 11 is 1.33. The summed E-state index contributed by atoms with van der Waals surface area (Å²) < 4.78 is 34.7. The third-order valence-corrected chi connectivity index (χ3v) is 9.96. The Morgan fingerprint density at radius 1 is 1.21 bits per heavy atom. The van der Waals surface area contributed by atoms with E-state index in [1.54, 1.807) is 4.52 Å². The number of hydrogen-bond acceptors (Lipinski definition) is 11. The maximum absolute atomic E-state index is 13.6. The van der Waals surface area contributed by atoms with Gasteiger partial charge in [-0.15, -0.1) is 11.3 Å². The molecule has 1 saturated heterocycles. The van der Waals surface area contributed by atoms with Crippen LogP contribution in [-0.2, 0) is 6.54 Å². The molecule has 5 heterocycles. The highest BCUT2D eigenvalue weighted by atomic mass is 32.1. The van der Waals surface area contributed by atoms with E-state index in [9.17, 15) is 18.4 Å². The molecular formula is C31H40F2N10O3S. The molecular weight excluding hydrogens is 630 g/mol. The zero-order valence-corrected chi connectivity index (χ0v) is 27.6. The Morgan fingerprint density at radius 2 is 2.00 bits per heavy atom. The van der Waals surface area contributed by atoms with Gasteiger partial charge in [-0.3, -0.25) is 9.59 Å². The number of nitrogens with two attached hydrogens (primary N) is 1. The van der Waals surface area contributed by atoms with E-state index in [1.807, 2.05) is 13.0 Å². The van der Waals surface area contributed by atoms with Gasteiger partial charge in [-0.2, -0.15) is 10.2 Å². The predicted molar refractivity (Wildman–Crippen MR) is 175 cm³/mol. The number of amides is 1. The number of carbonyl (C=O) groups is 1. The Kier molecular flexibility index (Phi) is 9.68. The number of piperidine rings is 1. The summed E-state index contributed by atoms with van der Waals surface area (Å²) in [4.78, 5) is 39.3. The Morgan fingerprint density at radius 3 is 2.74 bits per heavy atom. The standard InChI is InChI=1S/C31H40F2N10O3S/c1-18-37-31(46-16-19-6-8-21(9-7-19)40(2)3)28(47-18)30(45)38-20-5-4-12-41(14-20)24-13-23(43-27(24)29(34)35-17-36-43)22-10-11-26(44)42(39-22)15-25(32)33/h10-11,13,17,19-21,25H,4-9,12,14-16H2,1-3H3,(H,38,45)(H2,34,35,36)/t19?,20-,21?/m1/s1. The molecule has 0 radical (unpaired) electrons. The highest BCUT2D eigenvalue weighted by Crippen LogP contribution is 2.35. The average Bonchev–Trinajstić information content (AvgIpc) is 3.63. The number of nitrogens with one attached hydrogen (secondary N) is 1. The average molecular weight is 671 g/mol. The van der Waals surface area contributed by atoms with Gasteiger partial charge < -0.3 is 25.6 Å². The number of nitrogens with zero attached hydrogens (tertiary/aromatic N) is 8. The number of thiazole rings is 1. The SMILES string of the molecule is Cc1nc(OCC2CCC(N(C)C)CC2)c(C(=O)N[C@@H]2CCCN(c3cc(-c4ccc(=O)n(CC(F)F)n4)n4ncnc(N)c34)C2)s1. The summed E-state index contributed by atoms with van der Waals surface area (Å²) in [5.74, 6) is 0.841. The summed E-state index contributed by atoms with van der Waals surface area (Å²) in [5.41, 5.74) is 7.68. The molecule has 1 aliphatic heterocycles. The number of anilines is 2. The molecule has 0 spiro atoms. The number of halogens is 2. The van der Waals surface area contributed by atoms with Gasteiger partial charge in [-0.1, -0.05) is 0 Å². The number of alkyl halides is 2. The second kappa shape index (κ2) is 13.9. The van der Waals surface area contributed by atoms with Crippen molar-refractivity contribution in [3.05, 3.63) is 44.8 Å². The van der Waals surface area contributed by atoms with Crippen LogP contribution in [0.25, 0.3) is 16.9 Å². The maximum Gasteiger partial charge on any atom is 0.267 e. The van der Waals surface area contributed by atoms with Gasteiger partial charge in [0.15, 0.2) is 10.7 Å². The van der Waals surface area contributed by atoms with E-state index in [2.05, 4.69) is 49.4 Å². The van der Waals surface area contributed by atoms with Crippen LogP contribution >= 0.6 is 11.3 Å². The smallest absolute Gasteiger partial charge is 0.267 e. The van der Waals surface area contributed by atoms with Crippen molar-refractivity contribution in [1.29, 1.82) is 0 Å². The summed E-state index contributed by atoms with van der Waals surface area (Å²) in [6.07, 6.45) is 4.59. The number of ether oxygens (including phenoxy) is 1. The van der Waals surface area contributed by atoms with E-state index in [0.29, 0.717) is 59.3 Å². The Bertz CT molecular complexity index is 1780. The second-order valence-electron chi connectivity index (χ2n) is 12.5. The fourth-order valence-corrected chi connectivity index (χ4v) is 7.33. The molecule has 16 heteroatoms. The van der Waals surface area contributed by atoms with Crippen molar-refractivity contribution in [2.75, 3.05) is 44.4 Å². The lowest BCUT2D eigenvalue weighted by Crippen LogP contribution is -2.47. The molecule has 3 N–H and O–H groups in total. The molecule has 0 bridgehead atoms. The molecule has 47 heavy (non-hydrogen) atoms. The van der Waals surface area contributed by atoms with E-state index in [-0.39, 0.29) is 23.5 Å². The van der Waals surface area contributed by atoms with Crippen molar-refractivity contribution in [3.63, 3.8) is 0 Å². The number of aryl methyl sites for hydroxylation is 1. The van der Waals surface area contributed by atoms with Crippen molar-refractivity contribution in [1.82, 2.24) is 39.6 Å². The fraction of sp³-hybridized carbons (Fsp3) is 0.548. The van der Waals surface area contributed by atoms with Crippen molar-refractivity contribution >= 4 is 34.3 Å². The quantitative estimate of drug-likeness (QED) is 0.257. The van der Waals surface area contributed by atoms with Gasteiger partial charge in [0.05, 0.1) is 23.0 Å². The maximum atomic E-state index is 13.6. The van der Waals surface area contributed by atoms with Gasteiger partial charge in [0.2, 0.25) is 5.88 Å². The zero-order chi connectivity index (χ0) is 33.2. The van der Waals surface area contributed by atoms with Crippen LogP contribution in [0, 0.1) is 12.8 Å². The number of nitrogen functional groups attached to an aromatic ring is 1. The molecule has 0 unspecified atom stereocenters. The van der Waals surface area contributed by atoms with Crippen molar-refractivity contribution in [2.45, 2.75) is 70.5 Å². The van der Waals surface area contributed by atoms with Crippen LogP contribution in [-0.4, -0.2) is 92.5 Å². The van der Waals surface area contributed by atoms with Gasteiger partial charge in [0, 0.05) is 31.2 Å². The highest BCUT2D eigenvalue weighted by Gasteiger charge is 2.29. The zero-order valence-electron chi connectivity index (χ0n) is 26.7. The molecule has 0 aromatic carbocycles. The molecule has 4 aromatic rings. The number of fused-ring (bicyclic) bond motifs is 1. The number of carbonyl (C=O) groups excluding carboxylic acids is 1. The minimum absolute atomic E-state index is 0.178. The Balaban J connectivity index is 1.18. The molecule has 1 amide bonds. The summed E-state index contributed by atoms with van der Waals surface area (Å²) in [5, 5.41) is 12.5. The number of aromatic nitrogens is 6. The minimum Gasteiger partial charge on any atom is -0.476 e. The number of rotatable bonds is 10.